The van der Waals surface area contributed by atoms with E-state index in [0.717, 1.165) is 4.31 Å². The van der Waals surface area contributed by atoms with Gasteiger partial charge in [-0.3, -0.25) is 14.3 Å². The fourth-order valence-corrected chi connectivity index (χ4v) is 5.49. The predicted molar refractivity (Wildman–Crippen MR) is 145 cm³/mol. The maximum atomic E-state index is 13.8. The predicted octanol–water partition coefficient (Wildman–Crippen LogP) is 2.93. The third-order valence-electron chi connectivity index (χ3n) is 6.03. The minimum Gasteiger partial charge on any atom is -0.507 e. The minimum atomic E-state index is -4.32. The molecule has 0 aliphatic carbocycles. The summed E-state index contributed by atoms with van der Waals surface area (Å²) in [5, 5.41) is 14.1. The number of hydrogen-bond acceptors (Lipinski definition) is 6. The lowest BCUT2D eigenvalue weighted by molar-refractivity contribution is -0.119. The molecular formula is C27H27N5O5S. The number of benzene rings is 3. The Morgan fingerprint density at radius 1 is 0.974 bits per heavy atom. The summed E-state index contributed by atoms with van der Waals surface area (Å²) in [5.41, 5.74) is 3.20. The summed E-state index contributed by atoms with van der Waals surface area (Å²) in [5.74, 6) is -0.786. The van der Waals surface area contributed by atoms with E-state index >= 15 is 0 Å². The first-order chi connectivity index (χ1) is 18.1. The average molecular weight is 534 g/mol. The second-order valence-electron chi connectivity index (χ2n) is 8.48. The molecule has 0 bridgehead atoms. The number of nitrogens with zero attached hydrogens (tertiary/aromatic N) is 4. The molecule has 11 heteroatoms. The van der Waals surface area contributed by atoms with Crippen LogP contribution in [0.3, 0.4) is 0 Å². The Hall–Kier alpha value is -4.64. The van der Waals surface area contributed by atoms with Gasteiger partial charge >= 0.3 is 0 Å². The number of hydrazone groups is 1. The van der Waals surface area contributed by atoms with Crippen molar-refractivity contribution in [2.75, 3.05) is 10.8 Å². The number of aromatic nitrogens is 2. The van der Waals surface area contributed by atoms with Crippen LogP contribution >= 0.6 is 0 Å². The lowest BCUT2D eigenvalue weighted by atomic mass is 10.1. The van der Waals surface area contributed by atoms with Crippen molar-refractivity contribution in [2.45, 2.75) is 18.7 Å². The van der Waals surface area contributed by atoms with Gasteiger partial charge in [0.05, 0.1) is 22.0 Å². The van der Waals surface area contributed by atoms with Gasteiger partial charge in [-0.05, 0) is 50.2 Å². The molecule has 38 heavy (non-hydrogen) atoms. The first-order valence-electron chi connectivity index (χ1n) is 11.7. The molecule has 2 N–H and O–H groups in total. The van der Waals surface area contributed by atoms with E-state index in [1.807, 2.05) is 0 Å². The van der Waals surface area contributed by atoms with Gasteiger partial charge in [-0.1, -0.05) is 48.5 Å². The van der Waals surface area contributed by atoms with Crippen LogP contribution in [0.5, 0.6) is 5.75 Å². The van der Waals surface area contributed by atoms with Gasteiger partial charge in [0.2, 0.25) is 0 Å². The Bertz CT molecular complexity index is 1660. The number of rotatable bonds is 8. The number of anilines is 1. The number of phenolic OH excluding ortho intramolecular Hbond substituents is 1. The number of phenols is 1. The Balaban J connectivity index is 1.77. The highest BCUT2D eigenvalue weighted by Crippen LogP contribution is 2.25. The lowest BCUT2D eigenvalue weighted by Gasteiger charge is -2.22. The van der Waals surface area contributed by atoms with Gasteiger partial charge in [-0.25, -0.2) is 22.8 Å². The molecule has 0 unspecified atom stereocenters. The van der Waals surface area contributed by atoms with Crippen LogP contribution in [0.2, 0.25) is 0 Å². The highest BCUT2D eigenvalue weighted by atomic mass is 32.2. The number of para-hydroxylation sites is 2. The zero-order chi connectivity index (χ0) is 27.4. The molecule has 0 aliphatic heterocycles. The van der Waals surface area contributed by atoms with E-state index in [1.165, 1.54) is 22.9 Å². The summed E-state index contributed by atoms with van der Waals surface area (Å²) in [7, 11) is -2.68. The molecule has 1 aromatic heterocycles. The third-order valence-corrected chi connectivity index (χ3v) is 7.79. The molecule has 0 aliphatic rings. The lowest BCUT2D eigenvalue weighted by Crippen LogP contribution is -2.42. The standard InChI is InChI=1S/C27H27N5O5S/c1-19(23-16-10-11-17-24(23)33)28-29-25(34)18-31(38(36,37)22-14-8-5-9-15-22)26-20(2)30(3)32(27(26)35)21-12-6-4-7-13-21/h4-17,33H,18H2,1-3H3,(H,29,34)/b28-19-. The molecule has 0 atom stereocenters. The van der Waals surface area contributed by atoms with Gasteiger partial charge in [0.25, 0.3) is 21.5 Å². The van der Waals surface area contributed by atoms with Gasteiger partial charge in [-0.15, -0.1) is 0 Å². The van der Waals surface area contributed by atoms with E-state index in [2.05, 4.69) is 10.5 Å². The number of aromatic hydroxyl groups is 1. The number of hydrogen-bond donors (Lipinski definition) is 2. The fourth-order valence-electron chi connectivity index (χ4n) is 4.00. The highest BCUT2D eigenvalue weighted by Gasteiger charge is 2.33. The Labute approximate surface area is 220 Å². The molecule has 1 heterocycles. The zero-order valence-electron chi connectivity index (χ0n) is 21.1. The van der Waals surface area contributed by atoms with Crippen molar-refractivity contribution in [3.63, 3.8) is 0 Å². The molecule has 0 saturated carbocycles. The molecule has 4 aromatic rings. The minimum absolute atomic E-state index is 0.0161. The fraction of sp³-hybridized carbons (Fsp3) is 0.148. The van der Waals surface area contributed by atoms with Crippen molar-refractivity contribution in [2.24, 2.45) is 12.1 Å². The number of sulfonamides is 1. The molecule has 3 aromatic carbocycles. The quantitative estimate of drug-likeness (QED) is 0.266. The molecule has 0 radical (unpaired) electrons. The van der Waals surface area contributed by atoms with Gasteiger partial charge in [-0.2, -0.15) is 5.10 Å². The summed E-state index contributed by atoms with van der Waals surface area (Å²) in [6.45, 7) is 2.50. The van der Waals surface area contributed by atoms with Crippen molar-refractivity contribution in [3.8, 4) is 11.4 Å². The summed E-state index contributed by atoms with van der Waals surface area (Å²) < 4.78 is 31.2. The molecule has 4 rings (SSSR count). The van der Waals surface area contributed by atoms with E-state index in [1.54, 1.807) is 92.3 Å². The Morgan fingerprint density at radius 3 is 2.18 bits per heavy atom. The van der Waals surface area contributed by atoms with Crippen LogP contribution in [-0.4, -0.2) is 41.1 Å². The largest absolute Gasteiger partial charge is 0.507 e. The van der Waals surface area contributed by atoms with E-state index in [9.17, 15) is 23.1 Å². The van der Waals surface area contributed by atoms with Gasteiger partial charge in [0, 0.05) is 12.6 Å². The van der Waals surface area contributed by atoms with E-state index < -0.39 is 28.0 Å². The zero-order valence-corrected chi connectivity index (χ0v) is 21.9. The van der Waals surface area contributed by atoms with Crippen LogP contribution in [0.25, 0.3) is 5.69 Å². The van der Waals surface area contributed by atoms with Crippen molar-refractivity contribution in [1.82, 2.24) is 14.8 Å². The number of carbonyl (C=O) groups excluding carboxylic acids is 1. The van der Waals surface area contributed by atoms with Gasteiger partial charge in [0.1, 0.15) is 18.0 Å². The van der Waals surface area contributed by atoms with Crippen LogP contribution in [0.4, 0.5) is 5.69 Å². The smallest absolute Gasteiger partial charge is 0.296 e. The second kappa shape index (κ2) is 10.8. The molecular weight excluding hydrogens is 506 g/mol. The van der Waals surface area contributed by atoms with Crippen molar-refractivity contribution >= 4 is 27.3 Å². The van der Waals surface area contributed by atoms with Crippen LogP contribution in [0.1, 0.15) is 18.2 Å². The highest BCUT2D eigenvalue weighted by molar-refractivity contribution is 7.92. The number of carbonyl (C=O) groups is 1. The van der Waals surface area contributed by atoms with Crippen LogP contribution in [0, 0.1) is 6.92 Å². The van der Waals surface area contributed by atoms with E-state index in [0.29, 0.717) is 22.7 Å². The molecule has 0 fully saturated rings. The monoisotopic (exact) mass is 533 g/mol. The Morgan fingerprint density at radius 2 is 1.55 bits per heavy atom. The molecule has 0 saturated heterocycles. The van der Waals surface area contributed by atoms with Gasteiger partial charge < -0.3 is 5.11 Å². The molecule has 0 spiro atoms. The SMILES string of the molecule is C/C(=N/NC(=O)CN(c1c(C)n(C)n(-c2ccccc2)c1=O)S(=O)(=O)c1ccccc1)c1ccccc1O. The summed E-state index contributed by atoms with van der Waals surface area (Å²) in [4.78, 5) is 26.6. The first kappa shape index (κ1) is 26.4. The first-order valence-corrected chi connectivity index (χ1v) is 13.1. The van der Waals surface area contributed by atoms with E-state index in [4.69, 9.17) is 0 Å². The number of amides is 1. The van der Waals surface area contributed by atoms with E-state index in [-0.39, 0.29) is 16.3 Å². The maximum Gasteiger partial charge on any atom is 0.296 e. The third kappa shape index (κ3) is 5.09. The maximum absolute atomic E-state index is 13.8. The van der Waals surface area contributed by atoms with Crippen molar-refractivity contribution in [3.05, 3.63) is 107 Å². The van der Waals surface area contributed by atoms with Gasteiger partial charge in [0.15, 0.2) is 0 Å². The summed E-state index contributed by atoms with van der Waals surface area (Å²) in [6.07, 6.45) is 0. The molecule has 196 valence electrons. The van der Waals surface area contributed by atoms with Crippen LogP contribution < -0.4 is 15.3 Å². The van der Waals surface area contributed by atoms with Crippen LogP contribution in [0.15, 0.2) is 99.7 Å². The van der Waals surface area contributed by atoms with Crippen LogP contribution in [-0.2, 0) is 21.9 Å². The Kier molecular flexibility index (Phi) is 7.49. The molecule has 10 nitrogen and oxygen atoms in total. The number of nitrogens with one attached hydrogen (secondary N) is 1. The topological polar surface area (TPSA) is 126 Å². The second-order valence-corrected chi connectivity index (χ2v) is 10.3. The van der Waals surface area contributed by atoms with Crippen molar-refractivity contribution in [1.29, 1.82) is 0 Å². The van der Waals surface area contributed by atoms with Crippen molar-refractivity contribution < 1.29 is 18.3 Å². The molecule has 1 amide bonds. The normalized spacial score (nSPS) is 11.8. The summed E-state index contributed by atoms with van der Waals surface area (Å²) >= 11 is 0. The summed E-state index contributed by atoms with van der Waals surface area (Å²) in [6, 6.07) is 22.9. The average Bonchev–Trinajstić information content (AvgIpc) is 3.14.